The predicted molar refractivity (Wildman–Crippen MR) is 90.7 cm³/mol. The SMILES string of the molecule is Cc1cc(N2CC3CN(Cc4cn(C)c(=O)cn4)CC3C2)ncn1. The number of fused-ring (bicyclic) bond motifs is 1. The largest absolute Gasteiger partial charge is 0.356 e. The van der Waals surface area contributed by atoms with Crippen molar-refractivity contribution in [3.8, 4) is 0 Å². The first kappa shape index (κ1) is 15.3. The normalized spacial score (nSPS) is 23.7. The average Bonchev–Trinajstić information content (AvgIpc) is 3.09. The van der Waals surface area contributed by atoms with Gasteiger partial charge in [0.05, 0.1) is 11.9 Å². The van der Waals surface area contributed by atoms with E-state index < -0.39 is 0 Å². The van der Waals surface area contributed by atoms with E-state index >= 15 is 0 Å². The van der Waals surface area contributed by atoms with Gasteiger partial charge in [0.1, 0.15) is 12.1 Å². The van der Waals surface area contributed by atoms with Crippen LogP contribution in [-0.4, -0.2) is 50.6 Å². The van der Waals surface area contributed by atoms with E-state index in [2.05, 4.69) is 30.8 Å². The molecule has 0 N–H and O–H groups in total. The number of hydrogen-bond acceptors (Lipinski definition) is 6. The summed E-state index contributed by atoms with van der Waals surface area (Å²) in [5, 5.41) is 0. The Labute approximate surface area is 141 Å². The van der Waals surface area contributed by atoms with E-state index in [0.29, 0.717) is 11.8 Å². The van der Waals surface area contributed by atoms with Gasteiger partial charge in [0, 0.05) is 57.7 Å². The minimum atomic E-state index is -0.0622. The number of aryl methyl sites for hydroxylation is 2. The summed E-state index contributed by atoms with van der Waals surface area (Å²) in [6, 6.07) is 2.06. The molecule has 126 valence electrons. The van der Waals surface area contributed by atoms with E-state index in [0.717, 1.165) is 49.9 Å². The van der Waals surface area contributed by atoms with Gasteiger partial charge in [0.2, 0.25) is 0 Å². The zero-order valence-corrected chi connectivity index (χ0v) is 14.1. The molecule has 0 aromatic carbocycles. The van der Waals surface area contributed by atoms with E-state index in [1.165, 1.54) is 6.20 Å². The number of hydrogen-bond donors (Lipinski definition) is 0. The zero-order valence-electron chi connectivity index (χ0n) is 14.1. The second-order valence-electron chi connectivity index (χ2n) is 6.96. The highest BCUT2D eigenvalue weighted by molar-refractivity contribution is 5.40. The van der Waals surface area contributed by atoms with Crippen molar-refractivity contribution < 1.29 is 0 Å². The first-order valence-electron chi connectivity index (χ1n) is 8.36. The molecular formula is C17H22N6O. The van der Waals surface area contributed by atoms with Crippen LogP contribution in [0.1, 0.15) is 11.4 Å². The van der Waals surface area contributed by atoms with Gasteiger partial charge < -0.3 is 9.47 Å². The molecule has 4 heterocycles. The highest BCUT2D eigenvalue weighted by atomic mass is 16.1. The zero-order chi connectivity index (χ0) is 16.7. The highest BCUT2D eigenvalue weighted by Gasteiger charge is 2.40. The molecule has 0 saturated carbocycles. The van der Waals surface area contributed by atoms with Crippen molar-refractivity contribution in [3.63, 3.8) is 0 Å². The quantitative estimate of drug-likeness (QED) is 0.816. The van der Waals surface area contributed by atoms with Gasteiger partial charge in [-0.15, -0.1) is 0 Å². The lowest BCUT2D eigenvalue weighted by Gasteiger charge is -2.22. The van der Waals surface area contributed by atoms with Crippen molar-refractivity contribution in [3.05, 3.63) is 46.5 Å². The monoisotopic (exact) mass is 326 g/mol. The van der Waals surface area contributed by atoms with Crippen LogP contribution < -0.4 is 10.5 Å². The van der Waals surface area contributed by atoms with Crippen LogP contribution in [0.25, 0.3) is 0 Å². The van der Waals surface area contributed by atoms with Crippen molar-refractivity contribution >= 4 is 5.82 Å². The third kappa shape index (κ3) is 2.91. The van der Waals surface area contributed by atoms with Crippen LogP contribution in [-0.2, 0) is 13.6 Å². The summed E-state index contributed by atoms with van der Waals surface area (Å²) in [4.78, 5) is 29.1. The summed E-state index contributed by atoms with van der Waals surface area (Å²) in [5.74, 6) is 2.39. The van der Waals surface area contributed by atoms with Gasteiger partial charge >= 0.3 is 0 Å². The third-order valence-corrected chi connectivity index (χ3v) is 5.09. The molecule has 2 unspecified atom stereocenters. The molecule has 2 aromatic rings. The van der Waals surface area contributed by atoms with Gasteiger partial charge in [-0.2, -0.15) is 0 Å². The average molecular weight is 326 g/mol. The van der Waals surface area contributed by atoms with Gasteiger partial charge in [0.25, 0.3) is 5.56 Å². The topological polar surface area (TPSA) is 67.2 Å². The molecule has 4 rings (SSSR count). The Balaban J connectivity index is 1.39. The van der Waals surface area contributed by atoms with E-state index in [-0.39, 0.29) is 5.56 Å². The van der Waals surface area contributed by atoms with Gasteiger partial charge in [0.15, 0.2) is 0 Å². The number of rotatable bonds is 3. The Hall–Kier alpha value is -2.28. The van der Waals surface area contributed by atoms with Gasteiger partial charge in [-0.25, -0.2) is 9.97 Å². The lowest BCUT2D eigenvalue weighted by Crippen LogP contribution is -2.30. The lowest BCUT2D eigenvalue weighted by molar-refractivity contribution is 0.304. The van der Waals surface area contributed by atoms with E-state index in [1.807, 2.05) is 13.1 Å². The van der Waals surface area contributed by atoms with Crippen LogP contribution in [0.5, 0.6) is 0 Å². The Bertz CT molecular complexity index is 790. The molecule has 0 aliphatic carbocycles. The summed E-state index contributed by atoms with van der Waals surface area (Å²) in [5.41, 5.74) is 1.91. The molecule has 24 heavy (non-hydrogen) atoms. The Morgan fingerprint density at radius 1 is 1.12 bits per heavy atom. The number of aromatic nitrogens is 4. The van der Waals surface area contributed by atoms with Crippen molar-refractivity contribution in [1.82, 2.24) is 24.4 Å². The molecule has 2 saturated heterocycles. The fourth-order valence-corrected chi connectivity index (χ4v) is 3.88. The predicted octanol–water partition coefficient (Wildman–Crippen LogP) is 0.447. The van der Waals surface area contributed by atoms with E-state index in [1.54, 1.807) is 17.9 Å². The van der Waals surface area contributed by atoms with Crippen molar-refractivity contribution in [2.75, 3.05) is 31.1 Å². The second kappa shape index (κ2) is 5.98. The number of anilines is 1. The summed E-state index contributed by atoms with van der Waals surface area (Å²) >= 11 is 0. The molecule has 2 fully saturated rings. The molecule has 7 heteroatoms. The van der Waals surface area contributed by atoms with Gasteiger partial charge in [-0.05, 0) is 18.8 Å². The molecule has 2 aliphatic heterocycles. The lowest BCUT2D eigenvalue weighted by atomic mass is 10.0. The molecule has 2 atom stereocenters. The van der Waals surface area contributed by atoms with Gasteiger partial charge in [-0.1, -0.05) is 0 Å². The Morgan fingerprint density at radius 3 is 2.54 bits per heavy atom. The maximum absolute atomic E-state index is 11.4. The number of nitrogens with zero attached hydrogens (tertiary/aromatic N) is 6. The van der Waals surface area contributed by atoms with Crippen LogP contribution in [0.3, 0.4) is 0 Å². The molecule has 2 aromatic heterocycles. The summed E-state index contributed by atoms with van der Waals surface area (Å²) in [6.07, 6.45) is 4.90. The molecule has 0 amide bonds. The minimum Gasteiger partial charge on any atom is -0.356 e. The first-order chi connectivity index (χ1) is 11.6. The molecule has 0 bridgehead atoms. The maximum atomic E-state index is 11.4. The molecule has 0 radical (unpaired) electrons. The summed E-state index contributed by atoms with van der Waals surface area (Å²) < 4.78 is 1.60. The number of likely N-dealkylation sites (tertiary alicyclic amines) is 1. The fourth-order valence-electron chi connectivity index (χ4n) is 3.88. The molecular weight excluding hydrogens is 304 g/mol. The third-order valence-electron chi connectivity index (χ3n) is 5.09. The second-order valence-corrected chi connectivity index (χ2v) is 6.96. The van der Waals surface area contributed by atoms with Crippen molar-refractivity contribution in [2.45, 2.75) is 13.5 Å². The standard InChI is InChI=1S/C17H22N6O/c1-12-3-16(20-11-19-12)23-7-13-5-22(6-14(13)8-23)10-15-9-21(2)17(24)4-18-15/h3-4,9,11,13-14H,5-8,10H2,1-2H3. The van der Waals surface area contributed by atoms with E-state index in [9.17, 15) is 4.79 Å². The Morgan fingerprint density at radius 2 is 1.88 bits per heavy atom. The van der Waals surface area contributed by atoms with Crippen LogP contribution in [0.2, 0.25) is 0 Å². The van der Waals surface area contributed by atoms with Gasteiger partial charge in [-0.3, -0.25) is 14.7 Å². The van der Waals surface area contributed by atoms with Crippen LogP contribution in [0.15, 0.2) is 29.6 Å². The Kier molecular flexibility index (Phi) is 3.80. The molecule has 7 nitrogen and oxygen atoms in total. The smallest absolute Gasteiger partial charge is 0.268 e. The first-order valence-corrected chi connectivity index (χ1v) is 8.36. The van der Waals surface area contributed by atoms with Crippen molar-refractivity contribution in [2.24, 2.45) is 18.9 Å². The maximum Gasteiger partial charge on any atom is 0.268 e. The van der Waals surface area contributed by atoms with Crippen LogP contribution >= 0.6 is 0 Å². The van der Waals surface area contributed by atoms with E-state index in [4.69, 9.17) is 0 Å². The van der Waals surface area contributed by atoms with Crippen LogP contribution in [0, 0.1) is 18.8 Å². The molecule has 0 spiro atoms. The summed E-state index contributed by atoms with van der Waals surface area (Å²) in [7, 11) is 1.77. The minimum absolute atomic E-state index is 0.0622. The van der Waals surface area contributed by atoms with Crippen molar-refractivity contribution in [1.29, 1.82) is 0 Å². The molecule has 2 aliphatic rings. The fraction of sp³-hybridized carbons (Fsp3) is 0.529. The highest BCUT2D eigenvalue weighted by Crippen LogP contribution is 2.33. The van der Waals surface area contributed by atoms with Crippen LogP contribution in [0.4, 0.5) is 5.82 Å². The summed E-state index contributed by atoms with van der Waals surface area (Å²) in [6.45, 7) is 7.08.